The van der Waals surface area contributed by atoms with Gasteiger partial charge in [-0.2, -0.15) is 0 Å². The second-order valence-corrected chi connectivity index (χ2v) is 7.41. The minimum absolute atomic E-state index is 0.0944. The highest BCUT2D eigenvalue weighted by Gasteiger charge is 2.32. The second-order valence-electron chi connectivity index (χ2n) is 6.21. The smallest absolute Gasteiger partial charge is 0.293 e. The molecule has 0 radical (unpaired) electrons. The van der Waals surface area contributed by atoms with Crippen LogP contribution in [0.15, 0.2) is 47.5 Å². The van der Waals surface area contributed by atoms with E-state index in [1.807, 2.05) is 0 Å². The quantitative estimate of drug-likeness (QED) is 0.553. The van der Waals surface area contributed by atoms with Crippen molar-refractivity contribution in [2.75, 3.05) is 12.4 Å². The van der Waals surface area contributed by atoms with Gasteiger partial charge in [-0.15, -0.1) is 0 Å². The molecule has 150 valence electrons. The van der Waals surface area contributed by atoms with Gasteiger partial charge in [-0.3, -0.25) is 19.7 Å². The SMILES string of the molecule is COc1ccccc1N=C1NC(=O)[C@H](CC(=O)Nc2ccc(C)cc2[N+](=O)[O-])S1. The minimum Gasteiger partial charge on any atom is -0.494 e. The Morgan fingerprint density at radius 3 is 2.83 bits per heavy atom. The number of amidine groups is 1. The highest BCUT2D eigenvalue weighted by atomic mass is 32.2. The first-order chi connectivity index (χ1) is 13.9. The molecule has 1 aliphatic heterocycles. The van der Waals surface area contributed by atoms with Crippen LogP contribution < -0.4 is 15.4 Å². The van der Waals surface area contributed by atoms with E-state index in [4.69, 9.17) is 4.74 Å². The molecule has 1 saturated heterocycles. The highest BCUT2D eigenvalue weighted by molar-refractivity contribution is 8.15. The average Bonchev–Trinajstić information content (AvgIpc) is 3.02. The summed E-state index contributed by atoms with van der Waals surface area (Å²) in [6, 6.07) is 11.6. The van der Waals surface area contributed by atoms with Crippen LogP contribution in [0.1, 0.15) is 12.0 Å². The van der Waals surface area contributed by atoms with Gasteiger partial charge in [-0.05, 0) is 30.7 Å². The molecule has 2 aromatic rings. The molecule has 1 heterocycles. The van der Waals surface area contributed by atoms with Crippen LogP contribution in [-0.4, -0.2) is 34.3 Å². The zero-order chi connectivity index (χ0) is 21.0. The fourth-order valence-electron chi connectivity index (χ4n) is 2.69. The second kappa shape index (κ2) is 8.74. The molecule has 0 unspecified atom stereocenters. The third-order valence-corrected chi connectivity index (χ3v) is 5.16. The van der Waals surface area contributed by atoms with Gasteiger partial charge in [0.2, 0.25) is 11.8 Å². The number of benzene rings is 2. The number of aryl methyl sites for hydroxylation is 1. The summed E-state index contributed by atoms with van der Waals surface area (Å²) in [4.78, 5) is 39.5. The standard InChI is InChI=1S/C19H18N4O5S/c1-11-7-8-12(14(9-11)23(26)27)20-17(24)10-16-18(25)22-19(29-16)21-13-5-3-4-6-15(13)28-2/h3-9,16H,10H2,1-2H3,(H,20,24)(H,21,22,25)/t16-/m0/s1. The van der Waals surface area contributed by atoms with Crippen LogP contribution >= 0.6 is 11.8 Å². The highest BCUT2D eigenvalue weighted by Crippen LogP contribution is 2.31. The third kappa shape index (κ3) is 4.91. The Morgan fingerprint density at radius 2 is 2.10 bits per heavy atom. The van der Waals surface area contributed by atoms with E-state index in [0.29, 0.717) is 22.2 Å². The number of nitrogens with one attached hydrogen (secondary N) is 2. The van der Waals surface area contributed by atoms with Gasteiger partial charge in [-0.1, -0.05) is 30.0 Å². The molecule has 3 rings (SSSR count). The van der Waals surface area contributed by atoms with Gasteiger partial charge >= 0.3 is 0 Å². The van der Waals surface area contributed by atoms with Gasteiger partial charge in [0.25, 0.3) is 5.69 Å². The summed E-state index contributed by atoms with van der Waals surface area (Å²) in [7, 11) is 1.52. The number of carbonyl (C=O) groups is 2. The van der Waals surface area contributed by atoms with Crippen molar-refractivity contribution in [2.24, 2.45) is 4.99 Å². The van der Waals surface area contributed by atoms with Crippen molar-refractivity contribution in [2.45, 2.75) is 18.6 Å². The molecule has 0 aliphatic carbocycles. The Bertz CT molecular complexity index is 1010. The summed E-state index contributed by atoms with van der Waals surface area (Å²) in [5, 5.41) is 16.0. The maximum atomic E-state index is 12.4. The Balaban J connectivity index is 1.68. The first kappa shape index (κ1) is 20.3. The maximum Gasteiger partial charge on any atom is 0.293 e. The molecular weight excluding hydrogens is 396 g/mol. The Hall–Kier alpha value is -3.40. The molecule has 0 saturated carbocycles. The van der Waals surface area contributed by atoms with Gasteiger partial charge < -0.3 is 15.4 Å². The third-order valence-electron chi connectivity index (χ3n) is 4.08. The van der Waals surface area contributed by atoms with Crippen molar-refractivity contribution in [3.05, 3.63) is 58.1 Å². The fourth-order valence-corrected chi connectivity index (χ4v) is 3.67. The Kier molecular flexibility index (Phi) is 6.13. The summed E-state index contributed by atoms with van der Waals surface area (Å²) in [5.74, 6) is -0.289. The predicted molar refractivity (Wildman–Crippen MR) is 111 cm³/mol. The first-order valence-electron chi connectivity index (χ1n) is 8.61. The molecule has 10 heteroatoms. The molecule has 0 spiro atoms. The lowest BCUT2D eigenvalue weighted by Crippen LogP contribution is -2.28. The van der Waals surface area contributed by atoms with Crippen LogP contribution in [0.4, 0.5) is 17.1 Å². The van der Waals surface area contributed by atoms with E-state index in [0.717, 1.165) is 11.8 Å². The number of ether oxygens (including phenoxy) is 1. The summed E-state index contributed by atoms with van der Waals surface area (Å²) in [6.07, 6.45) is -0.146. The van der Waals surface area contributed by atoms with Crippen molar-refractivity contribution in [3.63, 3.8) is 0 Å². The molecular formula is C19H18N4O5S. The molecule has 29 heavy (non-hydrogen) atoms. The van der Waals surface area contributed by atoms with Crippen molar-refractivity contribution < 1.29 is 19.2 Å². The molecule has 1 atom stereocenters. The van der Waals surface area contributed by atoms with Crippen LogP contribution in [0.25, 0.3) is 0 Å². The number of hydrogen-bond acceptors (Lipinski definition) is 7. The number of aliphatic imine (C=N–C) groups is 1. The molecule has 0 bridgehead atoms. The number of hydrogen-bond donors (Lipinski definition) is 2. The van der Waals surface area contributed by atoms with Crippen molar-refractivity contribution in [3.8, 4) is 5.75 Å². The van der Waals surface area contributed by atoms with Gasteiger partial charge in [0.05, 0.1) is 12.0 Å². The number of methoxy groups -OCH3 is 1. The van der Waals surface area contributed by atoms with Gasteiger partial charge in [0.15, 0.2) is 5.17 Å². The number of rotatable bonds is 6. The maximum absolute atomic E-state index is 12.4. The lowest BCUT2D eigenvalue weighted by molar-refractivity contribution is -0.384. The fraction of sp³-hybridized carbons (Fsp3) is 0.211. The summed E-state index contributed by atoms with van der Waals surface area (Å²) in [5.41, 5.74) is 1.16. The minimum atomic E-state index is -0.687. The number of nitro benzene ring substituents is 1. The Morgan fingerprint density at radius 1 is 1.34 bits per heavy atom. The van der Waals surface area contributed by atoms with E-state index >= 15 is 0 Å². The van der Waals surface area contributed by atoms with Crippen molar-refractivity contribution in [1.82, 2.24) is 5.32 Å². The van der Waals surface area contributed by atoms with Gasteiger partial charge in [0, 0.05) is 12.5 Å². The molecule has 1 fully saturated rings. The molecule has 2 aromatic carbocycles. The van der Waals surface area contributed by atoms with Crippen LogP contribution in [0.5, 0.6) is 5.75 Å². The largest absolute Gasteiger partial charge is 0.494 e. The van der Waals surface area contributed by atoms with Crippen LogP contribution in [0.2, 0.25) is 0 Å². The number of anilines is 1. The van der Waals surface area contributed by atoms with E-state index in [1.165, 1.54) is 19.2 Å². The van der Waals surface area contributed by atoms with E-state index < -0.39 is 16.1 Å². The molecule has 2 amide bonds. The monoisotopic (exact) mass is 414 g/mol. The van der Waals surface area contributed by atoms with E-state index in [2.05, 4.69) is 15.6 Å². The lowest BCUT2D eigenvalue weighted by atomic mass is 10.2. The van der Waals surface area contributed by atoms with Crippen molar-refractivity contribution in [1.29, 1.82) is 0 Å². The summed E-state index contributed by atoms with van der Waals surface area (Å²) < 4.78 is 5.23. The molecule has 0 aromatic heterocycles. The summed E-state index contributed by atoms with van der Waals surface area (Å²) in [6.45, 7) is 1.72. The van der Waals surface area contributed by atoms with Gasteiger partial charge in [-0.25, -0.2) is 4.99 Å². The number of amides is 2. The first-order valence-corrected chi connectivity index (χ1v) is 9.49. The molecule has 9 nitrogen and oxygen atoms in total. The average molecular weight is 414 g/mol. The van der Waals surface area contributed by atoms with Crippen molar-refractivity contribution >= 4 is 45.8 Å². The number of nitro groups is 1. The van der Waals surface area contributed by atoms with Crippen LogP contribution in [0, 0.1) is 17.0 Å². The number of nitrogens with zero attached hydrogens (tertiary/aromatic N) is 2. The van der Waals surface area contributed by atoms with Gasteiger partial charge in [0.1, 0.15) is 22.4 Å². The predicted octanol–water partition coefficient (Wildman–Crippen LogP) is 3.16. The zero-order valence-electron chi connectivity index (χ0n) is 15.7. The van der Waals surface area contributed by atoms with Crippen LogP contribution in [-0.2, 0) is 9.59 Å². The van der Waals surface area contributed by atoms with E-state index in [-0.39, 0.29) is 23.7 Å². The van der Waals surface area contributed by atoms with E-state index in [1.54, 1.807) is 37.3 Å². The van der Waals surface area contributed by atoms with E-state index in [9.17, 15) is 19.7 Å². The molecule has 2 N–H and O–H groups in total. The topological polar surface area (TPSA) is 123 Å². The normalized spacial score (nSPS) is 17.1. The molecule has 1 aliphatic rings. The Labute approximate surface area is 170 Å². The number of carbonyl (C=O) groups excluding carboxylic acids is 2. The summed E-state index contributed by atoms with van der Waals surface area (Å²) >= 11 is 1.12. The lowest BCUT2D eigenvalue weighted by Gasteiger charge is -2.08. The van der Waals surface area contributed by atoms with Crippen LogP contribution in [0.3, 0.4) is 0 Å². The number of thioether (sulfide) groups is 1. The number of para-hydroxylation sites is 2. The zero-order valence-corrected chi connectivity index (χ0v) is 16.5.